The van der Waals surface area contributed by atoms with Crippen molar-refractivity contribution in [1.82, 2.24) is 4.90 Å². The Morgan fingerprint density at radius 3 is 2.55 bits per heavy atom. The molecule has 4 nitrogen and oxygen atoms in total. The van der Waals surface area contributed by atoms with Crippen LogP contribution in [0.3, 0.4) is 0 Å². The highest BCUT2D eigenvalue weighted by molar-refractivity contribution is 5.42. The highest BCUT2D eigenvalue weighted by Crippen LogP contribution is 2.29. The SMILES string of the molecule is COc1cc(C)c(C(O)CN2CCCCC2CCO)c(C)c1. The van der Waals surface area contributed by atoms with Crippen LogP contribution in [0.1, 0.15) is 48.5 Å². The summed E-state index contributed by atoms with van der Waals surface area (Å²) in [5.41, 5.74) is 3.15. The van der Waals surface area contributed by atoms with Crippen LogP contribution in [0.2, 0.25) is 0 Å². The number of methoxy groups -OCH3 is 1. The van der Waals surface area contributed by atoms with Gasteiger partial charge >= 0.3 is 0 Å². The van der Waals surface area contributed by atoms with Crippen LogP contribution in [0, 0.1) is 13.8 Å². The molecule has 2 unspecified atom stereocenters. The molecule has 1 aliphatic rings. The van der Waals surface area contributed by atoms with Gasteiger partial charge in [-0.1, -0.05) is 6.42 Å². The second-order valence-corrected chi connectivity index (χ2v) is 6.35. The van der Waals surface area contributed by atoms with E-state index in [9.17, 15) is 10.2 Å². The van der Waals surface area contributed by atoms with Crippen LogP contribution >= 0.6 is 0 Å². The van der Waals surface area contributed by atoms with Crippen molar-refractivity contribution >= 4 is 0 Å². The van der Waals surface area contributed by atoms with E-state index >= 15 is 0 Å². The predicted molar refractivity (Wildman–Crippen MR) is 88.3 cm³/mol. The van der Waals surface area contributed by atoms with Crippen LogP contribution in [0.15, 0.2) is 12.1 Å². The Bertz CT molecular complexity index is 464. The number of hydrogen-bond donors (Lipinski definition) is 2. The second-order valence-electron chi connectivity index (χ2n) is 6.35. The Balaban J connectivity index is 2.12. The Morgan fingerprint density at radius 2 is 1.95 bits per heavy atom. The molecular formula is C18H29NO3. The zero-order chi connectivity index (χ0) is 16.1. The molecule has 0 saturated carbocycles. The smallest absolute Gasteiger partial charge is 0.119 e. The van der Waals surface area contributed by atoms with Crippen LogP contribution in [0.25, 0.3) is 0 Å². The van der Waals surface area contributed by atoms with Crippen LogP contribution in [-0.4, -0.2) is 48.0 Å². The normalized spacial score (nSPS) is 20.9. The van der Waals surface area contributed by atoms with E-state index in [2.05, 4.69) is 4.90 Å². The molecule has 1 aromatic rings. The lowest BCUT2D eigenvalue weighted by Crippen LogP contribution is -2.42. The molecule has 1 aromatic carbocycles. The van der Waals surface area contributed by atoms with Gasteiger partial charge < -0.3 is 14.9 Å². The lowest BCUT2D eigenvalue weighted by molar-refractivity contribution is 0.0559. The fourth-order valence-electron chi connectivity index (χ4n) is 3.67. The minimum atomic E-state index is -0.495. The van der Waals surface area contributed by atoms with E-state index in [1.165, 1.54) is 12.8 Å². The number of hydrogen-bond acceptors (Lipinski definition) is 4. The summed E-state index contributed by atoms with van der Waals surface area (Å²) in [7, 11) is 1.66. The van der Waals surface area contributed by atoms with Crippen LogP contribution < -0.4 is 4.74 Å². The monoisotopic (exact) mass is 307 g/mol. The molecule has 0 aromatic heterocycles. The van der Waals surface area contributed by atoms with E-state index in [1.54, 1.807) is 7.11 Å². The van der Waals surface area contributed by atoms with E-state index in [0.29, 0.717) is 12.6 Å². The average molecular weight is 307 g/mol. The van der Waals surface area contributed by atoms with Gasteiger partial charge in [0.05, 0.1) is 13.2 Å². The van der Waals surface area contributed by atoms with Crippen LogP contribution in [-0.2, 0) is 0 Å². The van der Waals surface area contributed by atoms with Crippen molar-refractivity contribution in [3.63, 3.8) is 0 Å². The zero-order valence-corrected chi connectivity index (χ0v) is 14.0. The third-order valence-electron chi connectivity index (χ3n) is 4.75. The molecule has 124 valence electrons. The molecule has 4 heteroatoms. The highest BCUT2D eigenvalue weighted by Gasteiger charge is 2.25. The van der Waals surface area contributed by atoms with E-state index < -0.39 is 6.10 Å². The summed E-state index contributed by atoms with van der Waals surface area (Å²) in [6, 6.07) is 4.35. The molecule has 0 bridgehead atoms. The van der Waals surface area contributed by atoms with Crippen molar-refractivity contribution in [3.8, 4) is 5.75 Å². The molecular weight excluding hydrogens is 278 g/mol. The average Bonchev–Trinajstić information content (AvgIpc) is 2.48. The number of aliphatic hydroxyl groups is 2. The maximum Gasteiger partial charge on any atom is 0.119 e. The topological polar surface area (TPSA) is 52.9 Å². The Kier molecular flexibility index (Phi) is 6.24. The van der Waals surface area contributed by atoms with E-state index in [0.717, 1.165) is 41.8 Å². The van der Waals surface area contributed by atoms with E-state index in [1.807, 2.05) is 26.0 Å². The van der Waals surface area contributed by atoms with Gasteiger partial charge in [-0.25, -0.2) is 0 Å². The number of rotatable bonds is 6. The second kappa shape index (κ2) is 7.95. The van der Waals surface area contributed by atoms with E-state index in [4.69, 9.17) is 4.74 Å². The first-order valence-electron chi connectivity index (χ1n) is 8.25. The minimum absolute atomic E-state index is 0.220. The molecule has 2 atom stereocenters. The van der Waals surface area contributed by atoms with Crippen molar-refractivity contribution in [2.24, 2.45) is 0 Å². The summed E-state index contributed by atoms with van der Waals surface area (Å²) in [6.07, 6.45) is 3.82. The Hall–Kier alpha value is -1.10. The first-order valence-corrected chi connectivity index (χ1v) is 8.25. The predicted octanol–water partition coefficient (Wildman–Crippen LogP) is 2.58. The molecule has 22 heavy (non-hydrogen) atoms. The molecule has 0 amide bonds. The van der Waals surface area contributed by atoms with E-state index in [-0.39, 0.29) is 6.61 Å². The molecule has 1 aliphatic heterocycles. The van der Waals surface area contributed by atoms with Crippen LogP contribution in [0.4, 0.5) is 0 Å². The first kappa shape index (κ1) is 17.3. The molecule has 0 aliphatic carbocycles. The number of piperidine rings is 1. The van der Waals surface area contributed by atoms with Gasteiger partial charge in [0.1, 0.15) is 5.75 Å². The third-order valence-corrected chi connectivity index (χ3v) is 4.75. The van der Waals surface area contributed by atoms with Gasteiger partial charge in [0.25, 0.3) is 0 Å². The number of benzene rings is 1. The summed E-state index contributed by atoms with van der Waals surface area (Å²) in [5, 5.41) is 20.0. The maximum atomic E-state index is 10.7. The number of ether oxygens (including phenoxy) is 1. The number of likely N-dealkylation sites (tertiary alicyclic amines) is 1. The Labute approximate surface area is 133 Å². The Morgan fingerprint density at radius 1 is 1.27 bits per heavy atom. The lowest BCUT2D eigenvalue weighted by atomic mass is 9.94. The van der Waals surface area contributed by atoms with Gasteiger partial charge in [-0.2, -0.15) is 0 Å². The molecule has 1 saturated heterocycles. The van der Waals surface area contributed by atoms with Crippen molar-refractivity contribution in [2.45, 2.75) is 51.7 Å². The molecule has 0 radical (unpaired) electrons. The van der Waals surface area contributed by atoms with Crippen molar-refractivity contribution in [1.29, 1.82) is 0 Å². The quantitative estimate of drug-likeness (QED) is 0.848. The van der Waals surface area contributed by atoms with Gasteiger partial charge in [0, 0.05) is 19.2 Å². The number of β-amino-alcohol motifs (C(OH)–C–C–N with tert-alkyl or cyclic N) is 1. The summed E-state index contributed by atoms with van der Waals surface area (Å²) in [4.78, 5) is 2.34. The number of aryl methyl sites for hydroxylation is 2. The fraction of sp³-hybridized carbons (Fsp3) is 0.667. The molecule has 2 rings (SSSR count). The summed E-state index contributed by atoms with van der Waals surface area (Å²) in [6.45, 7) is 5.91. The number of aliphatic hydroxyl groups excluding tert-OH is 2. The first-order chi connectivity index (χ1) is 10.6. The minimum Gasteiger partial charge on any atom is -0.497 e. The highest BCUT2D eigenvalue weighted by atomic mass is 16.5. The molecule has 0 spiro atoms. The van der Waals surface area contributed by atoms with Crippen molar-refractivity contribution in [2.75, 3.05) is 26.8 Å². The lowest BCUT2D eigenvalue weighted by Gasteiger charge is -2.37. The fourth-order valence-corrected chi connectivity index (χ4v) is 3.67. The standard InChI is InChI=1S/C18H29NO3/c1-13-10-16(22-3)11-14(2)18(13)17(21)12-19-8-5-4-6-15(19)7-9-20/h10-11,15,17,20-21H,4-9,12H2,1-3H3. The third kappa shape index (κ3) is 4.00. The summed E-state index contributed by atoms with van der Waals surface area (Å²) < 4.78 is 5.29. The molecule has 1 heterocycles. The zero-order valence-electron chi connectivity index (χ0n) is 14.0. The van der Waals surface area contributed by atoms with Crippen LogP contribution in [0.5, 0.6) is 5.75 Å². The summed E-state index contributed by atoms with van der Waals surface area (Å²) in [5.74, 6) is 0.835. The largest absolute Gasteiger partial charge is 0.497 e. The number of nitrogens with zero attached hydrogens (tertiary/aromatic N) is 1. The molecule has 2 N–H and O–H groups in total. The van der Waals surface area contributed by atoms with Crippen molar-refractivity contribution in [3.05, 3.63) is 28.8 Å². The summed E-state index contributed by atoms with van der Waals surface area (Å²) >= 11 is 0. The van der Waals surface area contributed by atoms with Gasteiger partial charge in [-0.05, 0) is 68.5 Å². The van der Waals surface area contributed by atoms with Crippen molar-refractivity contribution < 1.29 is 14.9 Å². The molecule has 1 fully saturated rings. The van der Waals surface area contributed by atoms with Gasteiger partial charge in [0.2, 0.25) is 0 Å². The van der Waals surface area contributed by atoms with Gasteiger partial charge in [-0.3, -0.25) is 4.90 Å². The maximum absolute atomic E-state index is 10.7. The van der Waals surface area contributed by atoms with Gasteiger partial charge in [-0.15, -0.1) is 0 Å². The van der Waals surface area contributed by atoms with Gasteiger partial charge in [0.15, 0.2) is 0 Å².